The molecule has 0 saturated carbocycles. The van der Waals surface area contributed by atoms with Crippen LogP contribution in [-0.2, 0) is 14.8 Å². The Morgan fingerprint density at radius 3 is 2.25 bits per heavy atom. The Kier molecular flexibility index (Phi) is 5.27. The molecule has 0 aliphatic heterocycles. The highest BCUT2D eigenvalue weighted by atomic mass is 32.2. The van der Waals surface area contributed by atoms with Crippen molar-refractivity contribution in [3.63, 3.8) is 0 Å². The summed E-state index contributed by atoms with van der Waals surface area (Å²) in [5.74, 6) is -1.95. The number of anilines is 1. The van der Waals surface area contributed by atoms with Gasteiger partial charge in [0.25, 0.3) is 5.91 Å². The molecule has 0 radical (unpaired) electrons. The van der Waals surface area contributed by atoms with Gasteiger partial charge in [-0.05, 0) is 36.4 Å². The van der Waals surface area contributed by atoms with E-state index in [-0.39, 0.29) is 17.0 Å². The van der Waals surface area contributed by atoms with E-state index in [0.29, 0.717) is 5.69 Å². The predicted molar refractivity (Wildman–Crippen MR) is 85.2 cm³/mol. The number of sulfonamides is 1. The zero-order valence-corrected chi connectivity index (χ0v) is 13.1. The molecule has 0 bridgehead atoms. The summed E-state index contributed by atoms with van der Waals surface area (Å²) in [6.07, 6.45) is 0. The van der Waals surface area contributed by atoms with Crippen LogP contribution in [0.4, 0.5) is 10.1 Å². The van der Waals surface area contributed by atoms with Gasteiger partial charge in [-0.15, -0.1) is 0 Å². The molecule has 0 aliphatic carbocycles. The summed E-state index contributed by atoms with van der Waals surface area (Å²) >= 11 is 0. The summed E-state index contributed by atoms with van der Waals surface area (Å²) in [6.45, 7) is -0.371. The van der Waals surface area contributed by atoms with Crippen LogP contribution in [-0.4, -0.2) is 26.8 Å². The maximum Gasteiger partial charge on any atom is 0.254 e. The van der Waals surface area contributed by atoms with Crippen LogP contribution in [0, 0.1) is 5.82 Å². The molecule has 0 aromatic heterocycles. The van der Waals surface area contributed by atoms with E-state index in [2.05, 4.69) is 10.6 Å². The number of hydrogen-bond acceptors (Lipinski definition) is 4. The number of primary sulfonamides is 1. The third-order valence-electron chi connectivity index (χ3n) is 2.99. The molecular weight excluding hydrogens is 337 g/mol. The summed E-state index contributed by atoms with van der Waals surface area (Å²) in [5.41, 5.74) is 0.162. The fourth-order valence-corrected chi connectivity index (χ4v) is 2.35. The first-order chi connectivity index (χ1) is 11.3. The highest BCUT2D eigenvalue weighted by Gasteiger charge is 2.12. The Bertz CT molecular complexity index is 867. The largest absolute Gasteiger partial charge is 0.343 e. The lowest BCUT2D eigenvalue weighted by atomic mass is 10.2. The van der Waals surface area contributed by atoms with E-state index >= 15 is 0 Å². The summed E-state index contributed by atoms with van der Waals surface area (Å²) < 4.78 is 35.7. The Labute approximate surface area is 137 Å². The standard InChI is InChI=1S/C15H14FN3O4S/c16-13-4-2-1-3-12(13)15(21)18-9-14(20)19-10-5-7-11(8-6-10)24(17,22)23/h1-8H,9H2,(H,18,21)(H,19,20)(H2,17,22,23). The minimum Gasteiger partial charge on any atom is -0.343 e. The van der Waals surface area contributed by atoms with E-state index in [4.69, 9.17) is 5.14 Å². The molecule has 2 aromatic carbocycles. The van der Waals surface area contributed by atoms with Crippen molar-refractivity contribution >= 4 is 27.5 Å². The number of nitrogens with two attached hydrogens (primary N) is 1. The van der Waals surface area contributed by atoms with Crippen molar-refractivity contribution in [1.29, 1.82) is 0 Å². The molecule has 0 heterocycles. The monoisotopic (exact) mass is 351 g/mol. The number of carbonyl (C=O) groups is 2. The number of amides is 2. The molecule has 7 nitrogen and oxygen atoms in total. The second-order valence-corrected chi connectivity index (χ2v) is 6.34. The van der Waals surface area contributed by atoms with E-state index < -0.39 is 27.7 Å². The minimum absolute atomic E-state index is 0.0895. The van der Waals surface area contributed by atoms with Gasteiger partial charge in [0.15, 0.2) is 0 Å². The smallest absolute Gasteiger partial charge is 0.254 e. The zero-order valence-electron chi connectivity index (χ0n) is 12.3. The van der Waals surface area contributed by atoms with E-state index in [1.165, 1.54) is 42.5 Å². The molecule has 2 aromatic rings. The van der Waals surface area contributed by atoms with Crippen molar-refractivity contribution in [3.05, 3.63) is 59.9 Å². The Morgan fingerprint density at radius 2 is 1.67 bits per heavy atom. The van der Waals surface area contributed by atoms with Gasteiger partial charge in [-0.1, -0.05) is 12.1 Å². The van der Waals surface area contributed by atoms with Gasteiger partial charge in [0, 0.05) is 5.69 Å². The second-order valence-electron chi connectivity index (χ2n) is 4.78. The van der Waals surface area contributed by atoms with Crippen LogP contribution in [0.3, 0.4) is 0 Å². The quantitative estimate of drug-likeness (QED) is 0.740. The van der Waals surface area contributed by atoms with Crippen LogP contribution in [0.5, 0.6) is 0 Å². The van der Waals surface area contributed by atoms with Gasteiger partial charge in [0.1, 0.15) is 5.82 Å². The number of nitrogens with one attached hydrogen (secondary N) is 2. The molecule has 0 fully saturated rings. The minimum atomic E-state index is -3.81. The number of hydrogen-bond donors (Lipinski definition) is 3. The van der Waals surface area contributed by atoms with Crippen molar-refractivity contribution < 1.29 is 22.4 Å². The summed E-state index contributed by atoms with van der Waals surface area (Å²) in [5, 5.41) is 9.71. The predicted octanol–water partition coefficient (Wildman–Crippen LogP) is 0.842. The Morgan fingerprint density at radius 1 is 1.04 bits per heavy atom. The molecule has 0 aliphatic rings. The van der Waals surface area contributed by atoms with Gasteiger partial charge in [-0.3, -0.25) is 9.59 Å². The normalized spacial score (nSPS) is 10.9. The topological polar surface area (TPSA) is 118 Å². The molecule has 0 saturated heterocycles. The van der Waals surface area contributed by atoms with Crippen molar-refractivity contribution in [2.24, 2.45) is 5.14 Å². The summed E-state index contributed by atoms with van der Waals surface area (Å²) in [7, 11) is -3.81. The molecule has 0 spiro atoms. The van der Waals surface area contributed by atoms with Crippen molar-refractivity contribution in [1.82, 2.24) is 5.32 Å². The van der Waals surface area contributed by atoms with E-state index in [1.807, 2.05) is 0 Å². The lowest BCUT2D eigenvalue weighted by Gasteiger charge is -2.08. The molecule has 9 heteroatoms. The van der Waals surface area contributed by atoms with Crippen molar-refractivity contribution in [2.45, 2.75) is 4.90 Å². The Balaban J connectivity index is 1.92. The first kappa shape index (κ1) is 17.6. The fraction of sp³-hybridized carbons (Fsp3) is 0.0667. The molecule has 4 N–H and O–H groups in total. The summed E-state index contributed by atoms with van der Waals surface area (Å²) in [6, 6.07) is 10.6. The molecular formula is C15H14FN3O4S. The van der Waals surface area contributed by atoms with Crippen LogP contribution >= 0.6 is 0 Å². The SMILES string of the molecule is NS(=O)(=O)c1ccc(NC(=O)CNC(=O)c2ccccc2F)cc1. The third kappa shape index (κ3) is 4.61. The second kappa shape index (κ2) is 7.20. The van der Waals surface area contributed by atoms with Crippen molar-refractivity contribution in [2.75, 3.05) is 11.9 Å². The third-order valence-corrected chi connectivity index (χ3v) is 3.92. The van der Waals surface area contributed by atoms with Crippen molar-refractivity contribution in [3.8, 4) is 0 Å². The van der Waals surface area contributed by atoms with Gasteiger partial charge in [0.2, 0.25) is 15.9 Å². The highest BCUT2D eigenvalue weighted by molar-refractivity contribution is 7.89. The summed E-state index contributed by atoms with van der Waals surface area (Å²) in [4.78, 5) is 23.4. The molecule has 24 heavy (non-hydrogen) atoms. The van der Waals surface area contributed by atoms with Gasteiger partial charge < -0.3 is 10.6 Å². The first-order valence-electron chi connectivity index (χ1n) is 6.73. The van der Waals surface area contributed by atoms with E-state index in [9.17, 15) is 22.4 Å². The maximum atomic E-state index is 13.4. The van der Waals surface area contributed by atoms with E-state index in [0.717, 1.165) is 6.07 Å². The van der Waals surface area contributed by atoms with Gasteiger partial charge in [-0.25, -0.2) is 17.9 Å². The lowest BCUT2D eigenvalue weighted by molar-refractivity contribution is -0.115. The first-order valence-corrected chi connectivity index (χ1v) is 8.27. The molecule has 0 atom stereocenters. The van der Waals surface area contributed by atoms with Gasteiger partial charge in [0.05, 0.1) is 17.0 Å². The zero-order chi connectivity index (χ0) is 17.7. The molecule has 126 valence electrons. The average Bonchev–Trinajstić information content (AvgIpc) is 2.53. The maximum absolute atomic E-state index is 13.4. The number of halogens is 1. The molecule has 0 unspecified atom stereocenters. The fourth-order valence-electron chi connectivity index (χ4n) is 1.83. The lowest BCUT2D eigenvalue weighted by Crippen LogP contribution is -2.33. The Hall–Kier alpha value is -2.78. The van der Waals surface area contributed by atoms with Gasteiger partial charge in [-0.2, -0.15) is 0 Å². The highest BCUT2D eigenvalue weighted by Crippen LogP contribution is 2.12. The van der Waals surface area contributed by atoms with Crippen LogP contribution in [0.15, 0.2) is 53.4 Å². The van der Waals surface area contributed by atoms with Gasteiger partial charge >= 0.3 is 0 Å². The van der Waals surface area contributed by atoms with Crippen LogP contribution in [0.25, 0.3) is 0 Å². The van der Waals surface area contributed by atoms with Crippen LogP contribution in [0.1, 0.15) is 10.4 Å². The number of benzene rings is 2. The number of carbonyl (C=O) groups excluding carboxylic acids is 2. The van der Waals surface area contributed by atoms with Crippen LogP contribution in [0.2, 0.25) is 0 Å². The van der Waals surface area contributed by atoms with E-state index in [1.54, 1.807) is 0 Å². The average molecular weight is 351 g/mol. The molecule has 2 rings (SSSR count). The van der Waals surface area contributed by atoms with Crippen LogP contribution < -0.4 is 15.8 Å². The number of rotatable bonds is 5. The molecule has 2 amide bonds.